The monoisotopic (exact) mass is 426 g/mol. The number of hydrogen-bond acceptors (Lipinski definition) is 5. The van der Waals surface area contributed by atoms with E-state index in [9.17, 15) is 19.8 Å². The number of fused-ring (bicyclic) bond motifs is 4. The minimum Gasteiger partial charge on any atom is -0.481 e. The number of aliphatic carboxylic acids is 1. The predicted molar refractivity (Wildman–Crippen MR) is 112 cm³/mol. The Balaban J connectivity index is 1.70. The average molecular weight is 427 g/mol. The molecular formula is C25H30O6. The summed E-state index contributed by atoms with van der Waals surface area (Å²) in [4.78, 5) is 25.4. The average Bonchev–Trinajstić information content (AvgIpc) is 3.39. The van der Waals surface area contributed by atoms with E-state index in [1.54, 1.807) is 12.5 Å². The van der Waals surface area contributed by atoms with Gasteiger partial charge in [-0.3, -0.25) is 9.59 Å². The fourth-order valence-electron chi connectivity index (χ4n) is 7.68. The molecule has 2 N–H and O–H groups in total. The highest BCUT2D eigenvalue weighted by Gasteiger charge is 2.71. The molecule has 5 rings (SSSR count). The smallest absolute Gasteiger partial charge is 0.303 e. The number of carbonyl (C=O) groups excluding carboxylic acids is 1. The van der Waals surface area contributed by atoms with Crippen molar-refractivity contribution in [1.82, 2.24) is 0 Å². The van der Waals surface area contributed by atoms with Crippen molar-refractivity contribution >= 4 is 11.8 Å². The second-order valence-corrected chi connectivity index (χ2v) is 10.2. The van der Waals surface area contributed by atoms with Gasteiger partial charge in [0.1, 0.15) is 5.78 Å². The number of carboxylic acid groups (broad SMARTS) is 1. The summed E-state index contributed by atoms with van der Waals surface area (Å²) < 4.78 is 11.8. The van der Waals surface area contributed by atoms with Crippen LogP contribution in [0.5, 0.6) is 0 Å². The zero-order valence-electron chi connectivity index (χ0n) is 18.4. The van der Waals surface area contributed by atoms with Crippen molar-refractivity contribution in [2.45, 2.75) is 71.2 Å². The Morgan fingerprint density at radius 3 is 2.65 bits per heavy atom. The molecule has 0 aromatic carbocycles. The van der Waals surface area contributed by atoms with Crippen LogP contribution in [-0.2, 0) is 14.3 Å². The lowest BCUT2D eigenvalue weighted by Gasteiger charge is -2.59. The molecule has 6 nitrogen and oxygen atoms in total. The number of Topliss-reactive ketones (excluding diaryl/α,β-unsaturated/α-hetero) is 1. The van der Waals surface area contributed by atoms with E-state index in [4.69, 9.17) is 9.15 Å². The van der Waals surface area contributed by atoms with Gasteiger partial charge in [0.25, 0.3) is 0 Å². The van der Waals surface area contributed by atoms with Gasteiger partial charge >= 0.3 is 5.97 Å². The van der Waals surface area contributed by atoms with Gasteiger partial charge in [-0.25, -0.2) is 0 Å². The molecular weight excluding hydrogens is 396 g/mol. The molecule has 4 aliphatic rings. The third-order valence-electron chi connectivity index (χ3n) is 8.97. The Bertz CT molecular complexity index is 1000. The lowest BCUT2D eigenvalue weighted by atomic mass is 9.44. The van der Waals surface area contributed by atoms with Crippen LogP contribution in [0.15, 0.2) is 45.8 Å². The molecule has 31 heavy (non-hydrogen) atoms. The molecule has 0 bridgehead atoms. The SMILES string of the molecule is CC1=CCC(=O)[C@]2(C)[C@@H](CC(=O)O)[C@@]3(C)C4=C(C)[C@H](c5ccoc5)C[C@@H]4O[C@@H]3[C@@H](O)[C@@H]12. The van der Waals surface area contributed by atoms with E-state index in [0.29, 0.717) is 0 Å². The normalized spacial score (nSPS) is 44.0. The third-order valence-corrected chi connectivity index (χ3v) is 8.97. The number of aliphatic hydroxyl groups is 1. The molecule has 2 heterocycles. The van der Waals surface area contributed by atoms with Crippen molar-refractivity contribution < 1.29 is 29.0 Å². The number of aliphatic hydroxyl groups excluding tert-OH is 1. The number of allylic oxidation sites excluding steroid dienone is 2. The molecule has 1 aromatic rings. The van der Waals surface area contributed by atoms with Crippen LogP contribution in [0.1, 0.15) is 58.4 Å². The van der Waals surface area contributed by atoms with Crippen molar-refractivity contribution in [3.8, 4) is 0 Å². The Hall–Kier alpha value is -2.18. The standard InChI is InChI=1S/C25H30O6/c1-12-5-6-18(26)24(3)17(10-19(27)28)25(4)21-13(2)15(14-7-8-30-11-14)9-16(21)31-23(25)22(29)20(12)24/h5,7-8,11,15-17,20,22-23,29H,6,9-10H2,1-4H3,(H,27,28)/t15-,16+,17-,20-,22+,23-,24+,25+/m1/s1. The van der Waals surface area contributed by atoms with Crippen molar-refractivity contribution in [3.63, 3.8) is 0 Å². The first-order valence-corrected chi connectivity index (χ1v) is 11.1. The first kappa shape index (κ1) is 20.7. The molecule has 1 saturated heterocycles. The van der Waals surface area contributed by atoms with Gasteiger partial charge in [0, 0.05) is 29.1 Å². The predicted octanol–water partition coefficient (Wildman–Crippen LogP) is 3.86. The van der Waals surface area contributed by atoms with E-state index in [2.05, 4.69) is 6.92 Å². The van der Waals surface area contributed by atoms with Crippen LogP contribution in [-0.4, -0.2) is 40.3 Å². The molecule has 1 aromatic heterocycles. The van der Waals surface area contributed by atoms with Crippen LogP contribution in [0.2, 0.25) is 0 Å². The summed E-state index contributed by atoms with van der Waals surface area (Å²) >= 11 is 0. The number of ether oxygens (including phenoxy) is 1. The molecule has 1 saturated carbocycles. The van der Waals surface area contributed by atoms with Gasteiger partial charge in [-0.15, -0.1) is 0 Å². The first-order chi connectivity index (χ1) is 14.6. The van der Waals surface area contributed by atoms with Crippen LogP contribution in [0.25, 0.3) is 0 Å². The minimum absolute atomic E-state index is 0.0131. The molecule has 0 spiro atoms. The molecule has 0 amide bonds. The molecule has 8 atom stereocenters. The Labute approximate surface area is 182 Å². The van der Waals surface area contributed by atoms with Crippen LogP contribution in [0.4, 0.5) is 0 Å². The third kappa shape index (κ3) is 2.52. The van der Waals surface area contributed by atoms with Gasteiger partial charge in [0.15, 0.2) is 0 Å². The summed E-state index contributed by atoms with van der Waals surface area (Å²) in [6.07, 6.45) is 4.59. The van der Waals surface area contributed by atoms with Gasteiger partial charge in [0.05, 0.1) is 37.3 Å². The Morgan fingerprint density at radius 2 is 2.00 bits per heavy atom. The van der Waals surface area contributed by atoms with Gasteiger partial charge in [-0.1, -0.05) is 31.1 Å². The minimum atomic E-state index is -0.957. The number of ketones is 1. The summed E-state index contributed by atoms with van der Waals surface area (Å²) in [5, 5.41) is 21.4. The van der Waals surface area contributed by atoms with Gasteiger partial charge in [-0.05, 0) is 43.4 Å². The van der Waals surface area contributed by atoms with Crippen LogP contribution in [0.3, 0.4) is 0 Å². The maximum absolute atomic E-state index is 13.4. The van der Waals surface area contributed by atoms with Gasteiger partial charge < -0.3 is 19.4 Å². The van der Waals surface area contributed by atoms with Crippen LogP contribution in [0, 0.1) is 22.7 Å². The second kappa shape index (κ2) is 6.66. The molecule has 2 fully saturated rings. The Kier molecular flexibility index (Phi) is 4.45. The number of carboxylic acids is 1. The molecule has 6 heteroatoms. The van der Waals surface area contributed by atoms with Crippen LogP contribution >= 0.6 is 0 Å². The Morgan fingerprint density at radius 1 is 1.26 bits per heavy atom. The lowest BCUT2D eigenvalue weighted by Crippen LogP contribution is -2.65. The molecule has 1 aliphatic heterocycles. The number of furan rings is 1. The topological polar surface area (TPSA) is 97.0 Å². The lowest BCUT2D eigenvalue weighted by molar-refractivity contribution is -0.189. The summed E-state index contributed by atoms with van der Waals surface area (Å²) in [7, 11) is 0. The highest BCUT2D eigenvalue weighted by atomic mass is 16.5. The number of rotatable bonds is 3. The van der Waals surface area contributed by atoms with Gasteiger partial charge in [-0.2, -0.15) is 0 Å². The van der Waals surface area contributed by atoms with E-state index in [-0.39, 0.29) is 30.6 Å². The van der Waals surface area contributed by atoms with Crippen molar-refractivity contribution in [1.29, 1.82) is 0 Å². The number of hydrogen-bond donors (Lipinski definition) is 2. The first-order valence-electron chi connectivity index (χ1n) is 11.1. The maximum Gasteiger partial charge on any atom is 0.303 e. The fourth-order valence-corrected chi connectivity index (χ4v) is 7.68. The van der Waals surface area contributed by atoms with Crippen molar-refractivity contribution in [2.24, 2.45) is 22.7 Å². The summed E-state index contributed by atoms with van der Waals surface area (Å²) in [6.45, 7) is 7.92. The molecule has 3 aliphatic carbocycles. The largest absolute Gasteiger partial charge is 0.481 e. The molecule has 166 valence electrons. The fraction of sp³-hybridized carbons (Fsp3) is 0.600. The van der Waals surface area contributed by atoms with Crippen molar-refractivity contribution in [3.05, 3.63) is 47.0 Å². The maximum atomic E-state index is 13.4. The summed E-state index contributed by atoms with van der Waals surface area (Å²) in [6, 6.07) is 1.95. The van der Waals surface area contributed by atoms with E-state index in [1.807, 2.05) is 32.9 Å². The summed E-state index contributed by atoms with van der Waals surface area (Å²) in [5.74, 6) is -1.68. The van der Waals surface area contributed by atoms with E-state index in [1.165, 1.54) is 0 Å². The number of carbonyl (C=O) groups is 2. The van der Waals surface area contributed by atoms with E-state index < -0.39 is 40.8 Å². The highest BCUT2D eigenvalue weighted by molar-refractivity contribution is 5.89. The molecule has 0 radical (unpaired) electrons. The van der Waals surface area contributed by atoms with Crippen molar-refractivity contribution in [2.75, 3.05) is 0 Å². The van der Waals surface area contributed by atoms with E-state index in [0.717, 1.165) is 28.7 Å². The second-order valence-electron chi connectivity index (χ2n) is 10.2. The zero-order valence-corrected chi connectivity index (χ0v) is 18.4. The quantitative estimate of drug-likeness (QED) is 0.713. The van der Waals surface area contributed by atoms with Gasteiger partial charge in [0.2, 0.25) is 0 Å². The highest BCUT2D eigenvalue weighted by Crippen LogP contribution is 2.68. The zero-order chi connectivity index (χ0) is 22.3. The van der Waals surface area contributed by atoms with E-state index >= 15 is 0 Å². The summed E-state index contributed by atoms with van der Waals surface area (Å²) in [5.41, 5.74) is 2.57. The van der Waals surface area contributed by atoms with Crippen LogP contribution < -0.4 is 0 Å². The molecule has 0 unspecified atom stereocenters.